The van der Waals surface area contributed by atoms with Gasteiger partial charge in [-0.25, -0.2) is 0 Å². The Morgan fingerprint density at radius 3 is 2.55 bits per heavy atom. The van der Waals surface area contributed by atoms with Crippen molar-refractivity contribution in [1.82, 2.24) is 0 Å². The van der Waals surface area contributed by atoms with Crippen LogP contribution in [0.15, 0.2) is 36.4 Å². The first kappa shape index (κ1) is 13.4. The number of benzene rings is 1. The summed E-state index contributed by atoms with van der Waals surface area (Å²) in [4.78, 5) is 12.0. The van der Waals surface area contributed by atoms with E-state index in [-0.39, 0.29) is 16.8 Å². The van der Waals surface area contributed by atoms with E-state index in [0.29, 0.717) is 6.61 Å². The Kier molecular flexibility index (Phi) is 2.66. The molecule has 2 aliphatic rings. The van der Waals surface area contributed by atoms with Crippen molar-refractivity contribution in [3.63, 3.8) is 0 Å². The molecule has 20 heavy (non-hydrogen) atoms. The fourth-order valence-electron chi connectivity index (χ4n) is 3.35. The van der Waals surface area contributed by atoms with Crippen LogP contribution in [-0.4, -0.2) is 12.6 Å². The van der Waals surface area contributed by atoms with Gasteiger partial charge in [0.1, 0.15) is 6.61 Å². The molecule has 0 bridgehead atoms. The largest absolute Gasteiger partial charge is 0.464 e. The van der Waals surface area contributed by atoms with Crippen LogP contribution in [-0.2, 0) is 21.4 Å². The van der Waals surface area contributed by atoms with Crippen molar-refractivity contribution in [3.8, 4) is 0 Å². The number of allylic oxidation sites excluding steroid dienone is 1. The topological polar surface area (TPSA) is 26.3 Å². The molecule has 2 atom stereocenters. The Morgan fingerprint density at radius 1 is 1.25 bits per heavy atom. The second-order valence-electron chi connectivity index (χ2n) is 7.35. The van der Waals surface area contributed by atoms with Crippen LogP contribution in [0.3, 0.4) is 0 Å². The van der Waals surface area contributed by atoms with E-state index >= 15 is 0 Å². The monoisotopic (exact) mass is 270 g/mol. The molecule has 0 unspecified atom stereocenters. The highest BCUT2D eigenvalue weighted by Crippen LogP contribution is 2.59. The SMILES string of the molecule is CC(C)(C)C(=O)OC[C@@]12C=C[C@]1(C)c1ccccc1C2. The van der Waals surface area contributed by atoms with Crippen molar-refractivity contribution < 1.29 is 9.53 Å². The molecule has 0 spiro atoms. The minimum absolute atomic E-state index is 0.0156. The number of hydrogen-bond donors (Lipinski definition) is 0. The lowest BCUT2D eigenvalue weighted by atomic mass is 9.57. The van der Waals surface area contributed by atoms with Crippen molar-refractivity contribution in [2.24, 2.45) is 10.8 Å². The maximum atomic E-state index is 12.0. The summed E-state index contributed by atoms with van der Waals surface area (Å²) in [6.07, 6.45) is 5.44. The number of ether oxygens (including phenoxy) is 1. The van der Waals surface area contributed by atoms with Crippen LogP contribution >= 0.6 is 0 Å². The van der Waals surface area contributed by atoms with Gasteiger partial charge in [-0.05, 0) is 38.3 Å². The normalized spacial score (nSPS) is 30.4. The maximum absolute atomic E-state index is 12.0. The van der Waals surface area contributed by atoms with Gasteiger partial charge in [-0.1, -0.05) is 43.3 Å². The Balaban J connectivity index is 1.83. The van der Waals surface area contributed by atoms with Crippen molar-refractivity contribution in [2.75, 3.05) is 6.61 Å². The van der Waals surface area contributed by atoms with Crippen LogP contribution < -0.4 is 0 Å². The van der Waals surface area contributed by atoms with Gasteiger partial charge < -0.3 is 4.74 Å². The Labute approximate surface area is 120 Å². The van der Waals surface area contributed by atoms with Crippen molar-refractivity contribution in [3.05, 3.63) is 47.5 Å². The van der Waals surface area contributed by atoms with Gasteiger partial charge in [-0.15, -0.1) is 0 Å². The zero-order valence-electron chi connectivity index (χ0n) is 12.7. The van der Waals surface area contributed by atoms with Crippen molar-refractivity contribution in [1.29, 1.82) is 0 Å². The lowest BCUT2D eigenvalue weighted by Gasteiger charge is -2.47. The molecule has 2 aliphatic carbocycles. The van der Waals surface area contributed by atoms with Gasteiger partial charge in [0, 0.05) is 10.8 Å². The summed E-state index contributed by atoms with van der Waals surface area (Å²) in [5.41, 5.74) is 2.30. The minimum Gasteiger partial charge on any atom is -0.464 e. The molecule has 0 N–H and O–H groups in total. The second-order valence-corrected chi connectivity index (χ2v) is 7.35. The lowest BCUT2D eigenvalue weighted by Crippen LogP contribution is -2.48. The summed E-state index contributed by atoms with van der Waals surface area (Å²) >= 11 is 0. The average molecular weight is 270 g/mol. The van der Waals surface area contributed by atoms with E-state index in [2.05, 4.69) is 43.3 Å². The molecule has 2 nitrogen and oxygen atoms in total. The van der Waals surface area contributed by atoms with Gasteiger partial charge in [0.15, 0.2) is 0 Å². The van der Waals surface area contributed by atoms with E-state index < -0.39 is 5.41 Å². The number of fused-ring (bicyclic) bond motifs is 3. The summed E-state index contributed by atoms with van der Waals surface area (Å²) < 4.78 is 5.62. The van der Waals surface area contributed by atoms with E-state index in [4.69, 9.17) is 4.74 Å². The first-order valence-corrected chi connectivity index (χ1v) is 7.25. The fraction of sp³-hybridized carbons (Fsp3) is 0.500. The molecule has 106 valence electrons. The molecule has 0 aromatic heterocycles. The van der Waals surface area contributed by atoms with E-state index in [0.717, 1.165) is 6.42 Å². The molecule has 2 heteroatoms. The molecule has 1 aromatic carbocycles. The van der Waals surface area contributed by atoms with E-state index in [1.165, 1.54) is 11.1 Å². The standard InChI is InChI=1S/C18H22O2/c1-16(2,3)15(19)20-12-18-10-9-17(18,4)14-8-6-5-7-13(14)11-18/h5-10H,11-12H2,1-4H3/t17-,18+/m1/s1. The Bertz CT molecular complexity index is 594. The van der Waals surface area contributed by atoms with Crippen LogP contribution in [0.5, 0.6) is 0 Å². The fourth-order valence-corrected chi connectivity index (χ4v) is 3.35. The number of esters is 1. The first-order valence-electron chi connectivity index (χ1n) is 7.25. The molecular weight excluding hydrogens is 248 g/mol. The summed E-state index contributed by atoms with van der Waals surface area (Å²) in [6, 6.07) is 8.56. The maximum Gasteiger partial charge on any atom is 0.311 e. The average Bonchev–Trinajstić information content (AvgIpc) is 2.55. The van der Waals surface area contributed by atoms with Gasteiger partial charge in [-0.3, -0.25) is 4.79 Å². The van der Waals surface area contributed by atoms with Crippen molar-refractivity contribution in [2.45, 2.75) is 39.5 Å². The number of carbonyl (C=O) groups excluding carboxylic acids is 1. The molecule has 0 amide bonds. The van der Waals surface area contributed by atoms with Crippen LogP contribution in [0.1, 0.15) is 38.8 Å². The summed E-state index contributed by atoms with van der Waals surface area (Å²) in [5.74, 6) is -0.120. The molecule has 0 aliphatic heterocycles. The van der Waals surface area contributed by atoms with Crippen LogP contribution in [0.4, 0.5) is 0 Å². The molecule has 3 rings (SSSR count). The van der Waals surface area contributed by atoms with Crippen LogP contribution in [0.2, 0.25) is 0 Å². The highest BCUT2D eigenvalue weighted by Gasteiger charge is 2.57. The van der Waals surface area contributed by atoms with E-state index in [9.17, 15) is 4.79 Å². The van der Waals surface area contributed by atoms with Crippen LogP contribution in [0.25, 0.3) is 0 Å². The first-order chi connectivity index (χ1) is 9.29. The molecule has 0 saturated carbocycles. The quantitative estimate of drug-likeness (QED) is 0.606. The zero-order chi connectivity index (χ0) is 14.6. The smallest absolute Gasteiger partial charge is 0.311 e. The molecule has 0 fully saturated rings. The van der Waals surface area contributed by atoms with E-state index in [1.807, 2.05) is 20.8 Å². The van der Waals surface area contributed by atoms with Gasteiger partial charge in [0.2, 0.25) is 0 Å². The molecule has 0 saturated heterocycles. The third-order valence-corrected chi connectivity index (χ3v) is 4.93. The molecule has 0 radical (unpaired) electrons. The Hall–Kier alpha value is -1.57. The summed E-state index contributed by atoms with van der Waals surface area (Å²) in [7, 11) is 0. The van der Waals surface area contributed by atoms with Gasteiger partial charge in [-0.2, -0.15) is 0 Å². The van der Waals surface area contributed by atoms with Gasteiger partial charge >= 0.3 is 5.97 Å². The summed E-state index contributed by atoms with van der Waals surface area (Å²) in [5, 5.41) is 0. The number of hydrogen-bond acceptors (Lipinski definition) is 2. The number of carbonyl (C=O) groups is 1. The zero-order valence-corrected chi connectivity index (χ0v) is 12.7. The van der Waals surface area contributed by atoms with Gasteiger partial charge in [0.25, 0.3) is 0 Å². The van der Waals surface area contributed by atoms with Crippen LogP contribution in [0, 0.1) is 10.8 Å². The van der Waals surface area contributed by atoms with Gasteiger partial charge in [0.05, 0.1) is 5.41 Å². The predicted octanol–water partition coefficient (Wildman–Crippen LogP) is 3.65. The van der Waals surface area contributed by atoms with Crippen molar-refractivity contribution >= 4 is 5.97 Å². The lowest BCUT2D eigenvalue weighted by molar-refractivity contribution is -0.156. The molecular formula is C18H22O2. The number of rotatable bonds is 2. The third-order valence-electron chi connectivity index (χ3n) is 4.93. The van der Waals surface area contributed by atoms with E-state index in [1.54, 1.807) is 0 Å². The Morgan fingerprint density at radius 2 is 1.95 bits per heavy atom. The highest BCUT2D eigenvalue weighted by molar-refractivity contribution is 5.75. The minimum atomic E-state index is -0.439. The molecule has 0 heterocycles. The predicted molar refractivity (Wildman–Crippen MR) is 79.5 cm³/mol. The third kappa shape index (κ3) is 1.67. The highest BCUT2D eigenvalue weighted by atomic mass is 16.5. The summed E-state index contributed by atoms with van der Waals surface area (Å²) in [6.45, 7) is 8.42. The molecule has 1 aromatic rings. The second kappa shape index (κ2) is 3.97.